The molecular formula is C24H24F3NO4. The molecule has 32 heavy (non-hydrogen) atoms. The maximum Gasteiger partial charge on any atom is 0.450 e. The third-order valence-corrected chi connectivity index (χ3v) is 5.90. The van der Waals surface area contributed by atoms with E-state index in [1.165, 1.54) is 37.4 Å². The lowest BCUT2D eigenvalue weighted by Crippen LogP contribution is -2.33. The van der Waals surface area contributed by atoms with Crippen LogP contribution in [0, 0.1) is 5.92 Å². The molecular weight excluding hydrogens is 423 g/mol. The fourth-order valence-electron chi connectivity index (χ4n) is 4.41. The third kappa shape index (κ3) is 4.07. The second kappa shape index (κ2) is 8.50. The van der Waals surface area contributed by atoms with Gasteiger partial charge in [0.2, 0.25) is 11.2 Å². The molecule has 1 N–H and O–H groups in total. The zero-order valence-electron chi connectivity index (χ0n) is 17.8. The Balaban J connectivity index is 1.97. The molecule has 0 spiro atoms. The maximum absolute atomic E-state index is 14.1. The zero-order valence-corrected chi connectivity index (χ0v) is 17.8. The molecule has 4 rings (SSSR count). The summed E-state index contributed by atoms with van der Waals surface area (Å²) in [5.41, 5.74) is -1.48. The summed E-state index contributed by atoms with van der Waals surface area (Å²) >= 11 is 0. The average Bonchev–Trinajstić information content (AvgIpc) is 2.75. The van der Waals surface area contributed by atoms with E-state index in [2.05, 4.69) is 11.8 Å². The first-order valence-electron chi connectivity index (χ1n) is 10.4. The van der Waals surface area contributed by atoms with Crippen LogP contribution in [0.5, 0.6) is 11.5 Å². The normalized spacial score (nSPS) is 17.6. The highest BCUT2D eigenvalue weighted by Gasteiger charge is 2.40. The highest BCUT2D eigenvalue weighted by atomic mass is 19.4. The molecule has 1 aliphatic rings. The number of aromatic hydroxyl groups is 1. The van der Waals surface area contributed by atoms with E-state index in [1.807, 2.05) is 0 Å². The predicted molar refractivity (Wildman–Crippen MR) is 115 cm³/mol. The standard InChI is InChI=1S/C24H24F3NO4/c1-14-6-5-11-28(12-14)13-17-18(29)10-9-16-21(30)20(15-7-3-4-8-19(15)31-2)23(24(25,26)27)32-22(16)17/h3-4,7-10,14,29H,5-6,11-13H2,1-2H3. The van der Waals surface area contributed by atoms with Gasteiger partial charge >= 0.3 is 6.18 Å². The highest BCUT2D eigenvalue weighted by Crippen LogP contribution is 2.41. The van der Waals surface area contributed by atoms with E-state index in [9.17, 15) is 23.1 Å². The molecule has 3 aromatic rings. The fourth-order valence-corrected chi connectivity index (χ4v) is 4.41. The molecule has 5 nitrogen and oxygen atoms in total. The number of ether oxygens (including phenoxy) is 1. The van der Waals surface area contributed by atoms with Crippen molar-refractivity contribution < 1.29 is 27.4 Å². The van der Waals surface area contributed by atoms with Gasteiger partial charge in [-0.1, -0.05) is 25.1 Å². The molecule has 0 amide bonds. The lowest BCUT2D eigenvalue weighted by atomic mass is 9.98. The minimum absolute atomic E-state index is 0.00236. The lowest BCUT2D eigenvalue weighted by Gasteiger charge is -2.31. The summed E-state index contributed by atoms with van der Waals surface area (Å²) in [4.78, 5) is 15.4. The molecule has 1 atom stereocenters. The quantitative estimate of drug-likeness (QED) is 0.578. The van der Waals surface area contributed by atoms with Crippen molar-refractivity contribution in [3.05, 3.63) is 57.9 Å². The Labute approximate surface area is 183 Å². The van der Waals surface area contributed by atoms with Crippen LogP contribution in [0.3, 0.4) is 0 Å². The first-order chi connectivity index (χ1) is 15.2. The van der Waals surface area contributed by atoms with Crippen molar-refractivity contribution >= 4 is 11.0 Å². The largest absolute Gasteiger partial charge is 0.507 e. The molecule has 8 heteroatoms. The smallest absolute Gasteiger partial charge is 0.450 e. The highest BCUT2D eigenvalue weighted by molar-refractivity contribution is 5.87. The number of para-hydroxylation sites is 1. The topological polar surface area (TPSA) is 62.9 Å². The first kappa shape index (κ1) is 22.2. The van der Waals surface area contributed by atoms with E-state index in [4.69, 9.17) is 9.15 Å². The van der Waals surface area contributed by atoms with E-state index in [1.54, 1.807) is 6.07 Å². The SMILES string of the molecule is COc1ccccc1-c1c(C(F)(F)F)oc2c(CN3CCCC(C)C3)c(O)ccc2c1=O. The van der Waals surface area contributed by atoms with Crippen LogP contribution in [0.1, 0.15) is 31.1 Å². The van der Waals surface area contributed by atoms with Crippen LogP contribution in [-0.2, 0) is 12.7 Å². The number of alkyl halides is 3. The molecule has 1 aromatic heterocycles. The van der Waals surface area contributed by atoms with Crippen molar-refractivity contribution in [1.82, 2.24) is 4.90 Å². The van der Waals surface area contributed by atoms with E-state index in [-0.39, 0.29) is 40.1 Å². The number of nitrogens with zero attached hydrogens (tertiary/aromatic N) is 1. The van der Waals surface area contributed by atoms with E-state index < -0.39 is 22.9 Å². The van der Waals surface area contributed by atoms with Crippen molar-refractivity contribution in [2.24, 2.45) is 5.92 Å². The Kier molecular flexibility index (Phi) is 5.90. The number of likely N-dealkylation sites (tertiary alicyclic amines) is 1. The second-order valence-electron chi connectivity index (χ2n) is 8.26. The number of phenolic OH excluding ortho intramolecular Hbond substituents is 1. The van der Waals surface area contributed by atoms with Gasteiger partial charge in [0.1, 0.15) is 17.1 Å². The van der Waals surface area contributed by atoms with Crippen molar-refractivity contribution in [3.8, 4) is 22.6 Å². The van der Waals surface area contributed by atoms with Crippen molar-refractivity contribution in [2.45, 2.75) is 32.5 Å². The fraction of sp³-hybridized carbons (Fsp3) is 0.375. The Morgan fingerprint density at radius 3 is 2.66 bits per heavy atom. The third-order valence-electron chi connectivity index (χ3n) is 5.90. The van der Waals surface area contributed by atoms with Crippen molar-refractivity contribution in [2.75, 3.05) is 20.2 Å². The van der Waals surface area contributed by atoms with Gasteiger partial charge in [0.05, 0.1) is 23.6 Å². The molecule has 0 saturated carbocycles. The number of phenols is 1. The zero-order chi connectivity index (χ0) is 23.0. The van der Waals surface area contributed by atoms with Gasteiger partial charge < -0.3 is 14.3 Å². The summed E-state index contributed by atoms with van der Waals surface area (Å²) in [7, 11) is 1.32. The number of piperidine rings is 1. The molecule has 2 heterocycles. The number of fused-ring (bicyclic) bond motifs is 1. The number of rotatable bonds is 4. The van der Waals surface area contributed by atoms with Crippen LogP contribution in [0.25, 0.3) is 22.1 Å². The Morgan fingerprint density at radius 1 is 1.22 bits per heavy atom. The van der Waals surface area contributed by atoms with E-state index >= 15 is 0 Å². The number of halogens is 3. The summed E-state index contributed by atoms with van der Waals surface area (Å²) in [6.45, 7) is 3.82. The number of hydrogen-bond donors (Lipinski definition) is 1. The van der Waals surface area contributed by atoms with Gasteiger partial charge in [-0.2, -0.15) is 13.2 Å². The van der Waals surface area contributed by atoms with Crippen LogP contribution in [-0.4, -0.2) is 30.2 Å². The summed E-state index contributed by atoms with van der Waals surface area (Å²) in [5.74, 6) is -1.03. The van der Waals surface area contributed by atoms with Gasteiger partial charge in [0, 0.05) is 18.7 Å². The number of hydrogen-bond acceptors (Lipinski definition) is 5. The molecule has 0 aliphatic carbocycles. The number of benzene rings is 2. The van der Waals surface area contributed by atoms with E-state index in [0.717, 1.165) is 25.9 Å². The molecule has 2 aromatic carbocycles. The molecule has 1 unspecified atom stereocenters. The second-order valence-corrected chi connectivity index (χ2v) is 8.26. The molecule has 1 saturated heterocycles. The van der Waals surface area contributed by atoms with Crippen LogP contribution in [0.2, 0.25) is 0 Å². The number of methoxy groups -OCH3 is 1. The van der Waals surface area contributed by atoms with Crippen LogP contribution in [0.4, 0.5) is 13.2 Å². The predicted octanol–water partition coefficient (Wildman–Crippen LogP) is 5.42. The van der Waals surface area contributed by atoms with E-state index in [0.29, 0.717) is 5.92 Å². The van der Waals surface area contributed by atoms with Crippen molar-refractivity contribution in [1.29, 1.82) is 0 Å². The van der Waals surface area contributed by atoms with Gasteiger partial charge in [0.25, 0.3) is 0 Å². The Bertz CT molecular complexity index is 1200. The minimum atomic E-state index is -4.92. The monoisotopic (exact) mass is 447 g/mol. The summed E-state index contributed by atoms with van der Waals surface area (Å²) in [6.07, 6.45) is -2.89. The van der Waals surface area contributed by atoms with Crippen molar-refractivity contribution in [3.63, 3.8) is 0 Å². The van der Waals surface area contributed by atoms with Crippen LogP contribution in [0.15, 0.2) is 45.6 Å². The van der Waals surface area contributed by atoms with Crippen LogP contribution < -0.4 is 10.2 Å². The Hall–Kier alpha value is -3.00. The molecule has 0 radical (unpaired) electrons. The molecule has 170 valence electrons. The van der Waals surface area contributed by atoms with Gasteiger partial charge in [-0.05, 0) is 43.5 Å². The molecule has 1 fully saturated rings. The molecule has 1 aliphatic heterocycles. The summed E-state index contributed by atoms with van der Waals surface area (Å²) < 4.78 is 52.8. The first-order valence-corrected chi connectivity index (χ1v) is 10.4. The van der Waals surface area contributed by atoms with Crippen LogP contribution >= 0.6 is 0 Å². The maximum atomic E-state index is 14.1. The lowest BCUT2D eigenvalue weighted by molar-refractivity contribution is -0.152. The Morgan fingerprint density at radius 2 is 1.97 bits per heavy atom. The van der Waals surface area contributed by atoms with Gasteiger partial charge in [0.15, 0.2) is 0 Å². The average molecular weight is 447 g/mol. The summed E-state index contributed by atoms with van der Waals surface area (Å²) in [6, 6.07) is 8.65. The van der Waals surface area contributed by atoms with Gasteiger partial charge in [-0.25, -0.2) is 0 Å². The van der Waals surface area contributed by atoms with Gasteiger partial charge in [-0.3, -0.25) is 9.69 Å². The van der Waals surface area contributed by atoms with Gasteiger partial charge in [-0.15, -0.1) is 0 Å². The minimum Gasteiger partial charge on any atom is -0.507 e. The summed E-state index contributed by atoms with van der Waals surface area (Å²) in [5, 5.41) is 10.5. The molecule has 0 bridgehead atoms.